The summed E-state index contributed by atoms with van der Waals surface area (Å²) in [5.41, 5.74) is 0.682. The lowest BCUT2D eigenvalue weighted by Crippen LogP contribution is -2.07. The Bertz CT molecular complexity index is 622. The van der Waals surface area contributed by atoms with Crippen LogP contribution in [0, 0.1) is 0 Å². The highest BCUT2D eigenvalue weighted by atomic mass is 32.2. The summed E-state index contributed by atoms with van der Waals surface area (Å²) in [6.45, 7) is 2.12. The molecule has 2 N–H and O–H groups in total. The SMILES string of the molecule is CCCC/C(=C/C(=O)c1ccccc1)Sc1nncn1N. The van der Waals surface area contributed by atoms with Gasteiger partial charge in [0.2, 0.25) is 5.16 Å². The Morgan fingerprint density at radius 1 is 1.38 bits per heavy atom. The van der Waals surface area contributed by atoms with Crippen LogP contribution >= 0.6 is 11.8 Å². The largest absolute Gasteiger partial charge is 0.336 e. The van der Waals surface area contributed by atoms with E-state index in [9.17, 15) is 4.79 Å². The normalized spacial score (nSPS) is 11.6. The Kier molecular flexibility index (Phi) is 5.57. The van der Waals surface area contributed by atoms with Crippen LogP contribution in [0.1, 0.15) is 36.5 Å². The summed E-state index contributed by atoms with van der Waals surface area (Å²) >= 11 is 1.39. The van der Waals surface area contributed by atoms with Gasteiger partial charge in [-0.25, -0.2) is 4.68 Å². The number of nitrogen functional groups attached to an aromatic ring is 1. The average molecular weight is 302 g/mol. The molecule has 1 aromatic heterocycles. The number of nitrogens with zero attached hydrogens (tertiary/aromatic N) is 3. The zero-order chi connectivity index (χ0) is 15.1. The zero-order valence-electron chi connectivity index (χ0n) is 11.9. The predicted octanol–water partition coefficient (Wildman–Crippen LogP) is 3.04. The molecule has 1 heterocycles. The number of carbonyl (C=O) groups excluding carboxylic acids is 1. The van der Waals surface area contributed by atoms with Crippen molar-refractivity contribution in [3.8, 4) is 0 Å². The first-order chi connectivity index (χ1) is 10.2. The Balaban J connectivity index is 2.17. The van der Waals surface area contributed by atoms with Gasteiger partial charge < -0.3 is 5.84 Å². The highest BCUT2D eigenvalue weighted by molar-refractivity contribution is 8.03. The van der Waals surface area contributed by atoms with Gasteiger partial charge in [-0.05, 0) is 23.8 Å². The maximum absolute atomic E-state index is 12.3. The topological polar surface area (TPSA) is 73.8 Å². The standard InChI is InChI=1S/C15H18N4OS/c1-2-3-9-13(21-15-18-17-11-19(15)16)10-14(20)12-7-5-4-6-8-12/h4-8,10-11H,2-3,9,16H2,1H3/b13-10-. The molecule has 0 aliphatic heterocycles. The molecule has 0 fully saturated rings. The molecule has 0 saturated carbocycles. The van der Waals surface area contributed by atoms with Crippen LogP contribution in [0.15, 0.2) is 52.8 Å². The van der Waals surface area contributed by atoms with Crippen LogP contribution < -0.4 is 5.84 Å². The number of aromatic nitrogens is 3. The fourth-order valence-corrected chi connectivity index (χ4v) is 2.65. The second kappa shape index (κ2) is 7.64. The van der Waals surface area contributed by atoms with Crippen molar-refractivity contribution < 1.29 is 4.79 Å². The predicted molar refractivity (Wildman–Crippen MR) is 84.4 cm³/mol. The summed E-state index contributed by atoms with van der Waals surface area (Å²) in [6.07, 6.45) is 6.02. The molecule has 0 spiro atoms. The van der Waals surface area contributed by atoms with Gasteiger partial charge in [0, 0.05) is 5.56 Å². The molecule has 0 unspecified atom stereocenters. The van der Waals surface area contributed by atoms with Crippen molar-refractivity contribution in [2.75, 3.05) is 5.84 Å². The van der Waals surface area contributed by atoms with Gasteiger partial charge in [0.1, 0.15) is 6.33 Å². The van der Waals surface area contributed by atoms with Gasteiger partial charge in [-0.1, -0.05) is 55.4 Å². The fraction of sp³-hybridized carbons (Fsp3) is 0.267. The third-order valence-electron chi connectivity index (χ3n) is 2.89. The van der Waals surface area contributed by atoms with Crippen molar-refractivity contribution >= 4 is 17.5 Å². The molecule has 5 nitrogen and oxygen atoms in total. The molecule has 0 atom stereocenters. The molecule has 0 amide bonds. The molecule has 0 bridgehead atoms. The van der Waals surface area contributed by atoms with Crippen molar-refractivity contribution in [1.82, 2.24) is 14.9 Å². The van der Waals surface area contributed by atoms with Gasteiger partial charge in [0.25, 0.3) is 0 Å². The van der Waals surface area contributed by atoms with Crippen molar-refractivity contribution in [1.29, 1.82) is 0 Å². The Morgan fingerprint density at radius 2 is 2.14 bits per heavy atom. The molecular formula is C15H18N4OS. The highest BCUT2D eigenvalue weighted by Crippen LogP contribution is 2.28. The van der Waals surface area contributed by atoms with Gasteiger partial charge in [0.15, 0.2) is 5.78 Å². The fourth-order valence-electron chi connectivity index (χ4n) is 1.76. The number of rotatable bonds is 7. The number of hydrogen-bond acceptors (Lipinski definition) is 5. The van der Waals surface area contributed by atoms with E-state index >= 15 is 0 Å². The number of unbranched alkanes of at least 4 members (excludes halogenated alkanes) is 1. The molecule has 0 aliphatic rings. The summed E-state index contributed by atoms with van der Waals surface area (Å²) in [4.78, 5) is 13.2. The molecule has 0 radical (unpaired) electrons. The number of allylic oxidation sites excluding steroid dienone is 2. The van der Waals surface area contributed by atoms with E-state index in [4.69, 9.17) is 5.84 Å². The summed E-state index contributed by atoms with van der Waals surface area (Å²) in [7, 11) is 0. The van der Waals surface area contributed by atoms with E-state index in [2.05, 4.69) is 17.1 Å². The van der Waals surface area contributed by atoms with Crippen LogP contribution in [0.3, 0.4) is 0 Å². The second-order valence-electron chi connectivity index (χ2n) is 4.57. The molecule has 21 heavy (non-hydrogen) atoms. The van der Waals surface area contributed by atoms with Crippen molar-refractivity contribution in [3.63, 3.8) is 0 Å². The number of carbonyl (C=O) groups is 1. The van der Waals surface area contributed by atoms with Crippen LogP contribution in [-0.2, 0) is 0 Å². The second-order valence-corrected chi connectivity index (χ2v) is 5.66. The van der Waals surface area contributed by atoms with Crippen LogP contribution in [0.5, 0.6) is 0 Å². The number of benzene rings is 1. The summed E-state index contributed by atoms with van der Waals surface area (Å²) in [5, 5.41) is 8.27. The molecule has 2 rings (SSSR count). The number of ketones is 1. The number of thioether (sulfide) groups is 1. The Hall–Kier alpha value is -2.08. The zero-order valence-corrected chi connectivity index (χ0v) is 12.7. The highest BCUT2D eigenvalue weighted by Gasteiger charge is 2.10. The van der Waals surface area contributed by atoms with Crippen molar-refractivity contribution in [3.05, 3.63) is 53.2 Å². The average Bonchev–Trinajstić information content (AvgIpc) is 2.91. The first-order valence-electron chi connectivity index (χ1n) is 6.83. The quantitative estimate of drug-likeness (QED) is 0.368. The van der Waals surface area contributed by atoms with Crippen LogP contribution in [0.4, 0.5) is 0 Å². The summed E-state index contributed by atoms with van der Waals surface area (Å²) in [6, 6.07) is 9.23. The monoisotopic (exact) mass is 302 g/mol. The van der Waals surface area contributed by atoms with Gasteiger partial charge in [-0.2, -0.15) is 0 Å². The lowest BCUT2D eigenvalue weighted by Gasteiger charge is -2.06. The van der Waals surface area contributed by atoms with Gasteiger partial charge in [-0.3, -0.25) is 4.79 Å². The molecule has 6 heteroatoms. The minimum absolute atomic E-state index is 0.00251. The van der Waals surface area contributed by atoms with E-state index in [1.807, 2.05) is 30.3 Å². The Morgan fingerprint density at radius 3 is 2.76 bits per heavy atom. The van der Waals surface area contributed by atoms with E-state index in [1.54, 1.807) is 6.08 Å². The molecule has 1 aromatic carbocycles. The van der Waals surface area contributed by atoms with Gasteiger partial charge in [0.05, 0.1) is 0 Å². The number of hydrogen-bond donors (Lipinski definition) is 1. The lowest BCUT2D eigenvalue weighted by atomic mass is 10.1. The first-order valence-corrected chi connectivity index (χ1v) is 7.65. The summed E-state index contributed by atoms with van der Waals surface area (Å²) in [5.74, 6) is 5.72. The molecule has 0 aliphatic carbocycles. The summed E-state index contributed by atoms with van der Waals surface area (Å²) < 4.78 is 1.36. The Labute approximate surface area is 128 Å². The third kappa shape index (κ3) is 4.46. The van der Waals surface area contributed by atoms with E-state index < -0.39 is 0 Å². The maximum atomic E-state index is 12.3. The van der Waals surface area contributed by atoms with E-state index in [0.29, 0.717) is 10.7 Å². The van der Waals surface area contributed by atoms with Crippen molar-refractivity contribution in [2.24, 2.45) is 0 Å². The minimum Gasteiger partial charge on any atom is -0.336 e. The first kappa shape index (κ1) is 15.3. The maximum Gasteiger partial charge on any atom is 0.214 e. The minimum atomic E-state index is -0.00251. The van der Waals surface area contributed by atoms with E-state index in [1.165, 1.54) is 22.8 Å². The van der Waals surface area contributed by atoms with E-state index in [-0.39, 0.29) is 5.78 Å². The third-order valence-corrected chi connectivity index (χ3v) is 3.95. The van der Waals surface area contributed by atoms with Crippen molar-refractivity contribution in [2.45, 2.75) is 31.3 Å². The molecule has 2 aromatic rings. The lowest BCUT2D eigenvalue weighted by molar-refractivity contribution is 0.104. The van der Waals surface area contributed by atoms with E-state index in [0.717, 1.165) is 24.2 Å². The molecule has 0 saturated heterocycles. The number of nitrogens with two attached hydrogens (primary N) is 1. The molecule has 110 valence electrons. The van der Waals surface area contributed by atoms with Crippen LogP contribution in [-0.4, -0.2) is 20.7 Å². The molecular weight excluding hydrogens is 284 g/mol. The van der Waals surface area contributed by atoms with Crippen LogP contribution in [0.2, 0.25) is 0 Å². The van der Waals surface area contributed by atoms with Crippen LogP contribution in [0.25, 0.3) is 0 Å². The van der Waals surface area contributed by atoms with Gasteiger partial charge >= 0.3 is 0 Å². The smallest absolute Gasteiger partial charge is 0.214 e. The van der Waals surface area contributed by atoms with Gasteiger partial charge in [-0.15, -0.1) is 10.2 Å².